The first kappa shape index (κ1) is 27.2. The molecule has 202 valence electrons. The fraction of sp³-hybridized carbons (Fsp3) is 0.182. The number of aromatic nitrogens is 3. The minimum atomic E-state index is -0.420. The maximum atomic E-state index is 13.3. The lowest BCUT2D eigenvalue weighted by atomic mass is 10.1. The third kappa shape index (κ3) is 6.98. The highest BCUT2D eigenvalue weighted by Gasteiger charge is 2.25. The lowest BCUT2D eigenvalue weighted by Gasteiger charge is -2.21. The predicted octanol–water partition coefficient (Wildman–Crippen LogP) is 7.54. The zero-order valence-electron chi connectivity index (χ0n) is 22.7. The fourth-order valence-corrected chi connectivity index (χ4v) is 5.42. The van der Waals surface area contributed by atoms with Gasteiger partial charge in [0.05, 0.1) is 6.04 Å². The summed E-state index contributed by atoms with van der Waals surface area (Å²) in [5, 5.41) is 16.3. The zero-order chi connectivity index (χ0) is 27.7. The Kier molecular flexibility index (Phi) is 8.93. The van der Waals surface area contributed by atoms with Gasteiger partial charge in [-0.05, 0) is 54.3 Å². The van der Waals surface area contributed by atoms with Crippen LogP contribution in [0, 0.1) is 6.92 Å². The van der Waals surface area contributed by atoms with Gasteiger partial charge < -0.3 is 10.6 Å². The highest BCUT2D eigenvalue weighted by molar-refractivity contribution is 7.98. The number of hydrogen-bond donors (Lipinski definition) is 2. The molecule has 0 aliphatic heterocycles. The SMILES string of the molecule is CCc1cccc(NC(=O)NC(Cc2ccccc2)c2nnc(SCc3ccccc3)n2-c2ccc(C)cc2)c1. The van der Waals surface area contributed by atoms with E-state index in [2.05, 4.69) is 93.8 Å². The summed E-state index contributed by atoms with van der Waals surface area (Å²) in [6, 6.07) is 36.0. The van der Waals surface area contributed by atoms with E-state index >= 15 is 0 Å². The quantitative estimate of drug-likeness (QED) is 0.177. The van der Waals surface area contributed by atoms with Gasteiger partial charge in [0, 0.05) is 23.5 Å². The van der Waals surface area contributed by atoms with Crippen LogP contribution in [-0.2, 0) is 18.6 Å². The van der Waals surface area contributed by atoms with E-state index in [1.165, 1.54) is 11.1 Å². The van der Waals surface area contributed by atoms with E-state index in [9.17, 15) is 4.79 Å². The molecule has 1 aromatic heterocycles. The van der Waals surface area contributed by atoms with Crippen molar-refractivity contribution in [1.82, 2.24) is 20.1 Å². The number of benzene rings is 4. The van der Waals surface area contributed by atoms with E-state index in [0.717, 1.165) is 39.8 Å². The fourth-order valence-electron chi connectivity index (χ4n) is 4.51. The second-order valence-corrected chi connectivity index (χ2v) is 10.6. The summed E-state index contributed by atoms with van der Waals surface area (Å²) in [5.74, 6) is 1.44. The molecule has 0 fully saturated rings. The number of anilines is 1. The summed E-state index contributed by atoms with van der Waals surface area (Å²) in [6.07, 6.45) is 1.47. The van der Waals surface area contributed by atoms with Crippen LogP contribution in [0.4, 0.5) is 10.5 Å². The van der Waals surface area contributed by atoms with E-state index in [0.29, 0.717) is 12.2 Å². The van der Waals surface area contributed by atoms with Gasteiger partial charge in [0.15, 0.2) is 11.0 Å². The van der Waals surface area contributed by atoms with E-state index in [1.54, 1.807) is 11.8 Å². The highest BCUT2D eigenvalue weighted by Crippen LogP contribution is 2.29. The maximum Gasteiger partial charge on any atom is 0.319 e. The Morgan fingerprint density at radius 1 is 0.825 bits per heavy atom. The molecule has 0 spiro atoms. The predicted molar refractivity (Wildman–Crippen MR) is 163 cm³/mol. The summed E-state index contributed by atoms with van der Waals surface area (Å²) in [5.41, 5.74) is 6.35. The van der Waals surface area contributed by atoms with Crippen LogP contribution in [-0.4, -0.2) is 20.8 Å². The van der Waals surface area contributed by atoms with E-state index in [4.69, 9.17) is 0 Å². The molecule has 1 atom stereocenters. The summed E-state index contributed by atoms with van der Waals surface area (Å²) in [6.45, 7) is 4.17. The molecule has 0 saturated heterocycles. The van der Waals surface area contributed by atoms with Crippen LogP contribution in [0.25, 0.3) is 5.69 Å². The van der Waals surface area contributed by atoms with Crippen molar-refractivity contribution in [2.75, 3.05) is 5.32 Å². The molecule has 5 rings (SSSR count). The maximum absolute atomic E-state index is 13.3. The lowest BCUT2D eigenvalue weighted by Crippen LogP contribution is -2.35. The molecule has 5 aromatic rings. The van der Waals surface area contributed by atoms with Crippen molar-refractivity contribution in [2.45, 2.75) is 43.6 Å². The van der Waals surface area contributed by atoms with Crippen LogP contribution in [0.1, 0.15) is 41.0 Å². The summed E-state index contributed by atoms with van der Waals surface area (Å²) in [4.78, 5) is 13.3. The number of amides is 2. The van der Waals surface area contributed by atoms with Gasteiger partial charge >= 0.3 is 6.03 Å². The van der Waals surface area contributed by atoms with E-state index in [-0.39, 0.29) is 6.03 Å². The first-order valence-electron chi connectivity index (χ1n) is 13.5. The molecule has 2 amide bonds. The molecule has 6 nitrogen and oxygen atoms in total. The third-order valence-electron chi connectivity index (χ3n) is 6.65. The minimum absolute atomic E-state index is 0.286. The van der Waals surface area contributed by atoms with Gasteiger partial charge in [0.25, 0.3) is 0 Å². The first-order chi connectivity index (χ1) is 19.6. The number of nitrogens with one attached hydrogen (secondary N) is 2. The smallest absolute Gasteiger partial charge is 0.319 e. The number of urea groups is 1. The van der Waals surface area contributed by atoms with Crippen molar-refractivity contribution >= 4 is 23.5 Å². The van der Waals surface area contributed by atoms with Gasteiger partial charge in [0.1, 0.15) is 0 Å². The third-order valence-corrected chi connectivity index (χ3v) is 7.65. The lowest BCUT2D eigenvalue weighted by molar-refractivity contribution is 0.247. The van der Waals surface area contributed by atoms with Crippen molar-refractivity contribution in [3.05, 3.63) is 137 Å². The Labute approximate surface area is 239 Å². The summed E-state index contributed by atoms with van der Waals surface area (Å²) < 4.78 is 2.07. The summed E-state index contributed by atoms with van der Waals surface area (Å²) in [7, 11) is 0. The standard InChI is InChI=1S/C33H33N5OS/c1-3-25-15-10-16-28(21-25)34-32(39)35-30(22-26-11-6-4-7-12-26)31-36-37-33(40-23-27-13-8-5-9-14-27)38(31)29-19-17-24(2)18-20-29/h4-21,30H,3,22-23H2,1-2H3,(H2,34,35,39). The Balaban J connectivity index is 1.49. The molecule has 1 heterocycles. The second kappa shape index (κ2) is 13.1. The number of hydrogen-bond acceptors (Lipinski definition) is 4. The average Bonchev–Trinajstić information content (AvgIpc) is 3.41. The number of carbonyl (C=O) groups is 1. The van der Waals surface area contributed by atoms with Crippen LogP contribution in [0.2, 0.25) is 0 Å². The minimum Gasteiger partial charge on any atom is -0.327 e. The Morgan fingerprint density at radius 2 is 1.50 bits per heavy atom. The normalized spacial score (nSPS) is 11.7. The van der Waals surface area contributed by atoms with Crippen molar-refractivity contribution in [2.24, 2.45) is 0 Å². The molecule has 2 N–H and O–H groups in total. The molecule has 0 radical (unpaired) electrons. The number of aryl methyl sites for hydroxylation is 2. The molecule has 0 aliphatic rings. The van der Waals surface area contributed by atoms with Crippen LogP contribution in [0.3, 0.4) is 0 Å². The van der Waals surface area contributed by atoms with Crippen LogP contribution < -0.4 is 10.6 Å². The summed E-state index contributed by atoms with van der Waals surface area (Å²) >= 11 is 1.63. The van der Waals surface area contributed by atoms with Gasteiger partial charge in [-0.15, -0.1) is 10.2 Å². The molecular formula is C33H33N5OS. The molecule has 4 aromatic carbocycles. The average molecular weight is 548 g/mol. The Bertz CT molecular complexity index is 1530. The molecule has 40 heavy (non-hydrogen) atoms. The van der Waals surface area contributed by atoms with Gasteiger partial charge in [-0.1, -0.05) is 109 Å². The van der Waals surface area contributed by atoms with Gasteiger partial charge in [-0.25, -0.2) is 4.79 Å². The largest absolute Gasteiger partial charge is 0.327 e. The van der Waals surface area contributed by atoms with Gasteiger partial charge in [-0.2, -0.15) is 0 Å². The Hall–Kier alpha value is -4.36. The molecule has 0 saturated carbocycles. The number of rotatable bonds is 10. The topological polar surface area (TPSA) is 71.8 Å². The van der Waals surface area contributed by atoms with Crippen LogP contribution >= 0.6 is 11.8 Å². The first-order valence-corrected chi connectivity index (χ1v) is 14.5. The van der Waals surface area contributed by atoms with Crippen molar-refractivity contribution in [3.8, 4) is 5.69 Å². The van der Waals surface area contributed by atoms with Gasteiger partial charge in [-0.3, -0.25) is 4.57 Å². The van der Waals surface area contributed by atoms with Crippen molar-refractivity contribution < 1.29 is 4.79 Å². The molecular weight excluding hydrogens is 514 g/mol. The van der Waals surface area contributed by atoms with E-state index < -0.39 is 6.04 Å². The monoisotopic (exact) mass is 547 g/mol. The van der Waals surface area contributed by atoms with Crippen LogP contribution in [0.5, 0.6) is 0 Å². The van der Waals surface area contributed by atoms with Crippen molar-refractivity contribution in [1.29, 1.82) is 0 Å². The number of carbonyl (C=O) groups excluding carboxylic acids is 1. The van der Waals surface area contributed by atoms with Gasteiger partial charge in [0.2, 0.25) is 0 Å². The highest BCUT2D eigenvalue weighted by atomic mass is 32.2. The zero-order valence-corrected chi connectivity index (χ0v) is 23.6. The number of nitrogens with zero attached hydrogens (tertiary/aromatic N) is 3. The Morgan fingerprint density at radius 3 is 2.20 bits per heavy atom. The molecule has 0 aliphatic carbocycles. The van der Waals surface area contributed by atoms with Crippen LogP contribution in [0.15, 0.2) is 114 Å². The second-order valence-electron chi connectivity index (χ2n) is 9.68. The van der Waals surface area contributed by atoms with Crippen molar-refractivity contribution in [3.63, 3.8) is 0 Å². The van der Waals surface area contributed by atoms with E-state index in [1.807, 2.05) is 54.6 Å². The molecule has 1 unspecified atom stereocenters. The number of thioether (sulfide) groups is 1. The molecule has 0 bridgehead atoms. The molecule has 7 heteroatoms.